The maximum atomic E-state index is 8.79. The summed E-state index contributed by atoms with van der Waals surface area (Å²) in [5.74, 6) is 0.988. The molecule has 1 heterocycles. The van der Waals surface area contributed by atoms with Crippen LogP contribution in [0.1, 0.15) is 18.9 Å². The molecule has 0 bridgehead atoms. The van der Waals surface area contributed by atoms with Gasteiger partial charge in [0.25, 0.3) is 0 Å². The van der Waals surface area contributed by atoms with E-state index in [-0.39, 0.29) is 0 Å². The Morgan fingerprint density at radius 2 is 2.38 bits per heavy atom. The van der Waals surface area contributed by atoms with Crippen molar-refractivity contribution in [1.82, 2.24) is 9.78 Å². The van der Waals surface area contributed by atoms with Crippen molar-refractivity contribution >= 4 is 11.6 Å². The molecule has 0 saturated carbocycles. The van der Waals surface area contributed by atoms with Gasteiger partial charge in [0, 0.05) is 13.6 Å². The van der Waals surface area contributed by atoms with Gasteiger partial charge in [-0.2, -0.15) is 10.4 Å². The van der Waals surface area contributed by atoms with Gasteiger partial charge in [0.05, 0.1) is 0 Å². The fourth-order valence-corrected chi connectivity index (χ4v) is 1.14. The number of nitrogen functional groups attached to an aromatic ring is 1. The van der Waals surface area contributed by atoms with E-state index in [0.717, 1.165) is 13.0 Å². The van der Waals surface area contributed by atoms with Crippen LogP contribution in [0.15, 0.2) is 0 Å². The first-order chi connectivity index (χ1) is 6.24. The molecule has 0 aliphatic heterocycles. The number of aromatic nitrogens is 2. The van der Waals surface area contributed by atoms with Gasteiger partial charge in [0.1, 0.15) is 17.5 Å². The second kappa shape index (κ2) is 3.81. The van der Waals surface area contributed by atoms with Crippen LogP contribution in [-0.2, 0) is 6.54 Å². The number of hydrogen-bond acceptors (Lipinski definition) is 4. The average molecular weight is 179 g/mol. The second-order valence-corrected chi connectivity index (χ2v) is 2.69. The van der Waals surface area contributed by atoms with Gasteiger partial charge in [-0.1, -0.05) is 6.92 Å². The quantitative estimate of drug-likeness (QED) is 0.718. The minimum atomic E-state index is 0.427. The summed E-state index contributed by atoms with van der Waals surface area (Å²) in [6.45, 7) is 2.77. The smallest absolute Gasteiger partial charge is 0.168 e. The van der Waals surface area contributed by atoms with Crippen LogP contribution in [0, 0.1) is 11.3 Å². The van der Waals surface area contributed by atoms with Crippen molar-refractivity contribution < 1.29 is 0 Å². The molecule has 1 aromatic heterocycles. The predicted octanol–water partition coefficient (Wildman–Crippen LogP) is 0.789. The highest BCUT2D eigenvalue weighted by molar-refractivity contribution is 5.63. The zero-order chi connectivity index (χ0) is 9.84. The molecule has 1 rings (SSSR count). The Morgan fingerprint density at radius 3 is 2.77 bits per heavy atom. The molecule has 0 aromatic carbocycles. The van der Waals surface area contributed by atoms with Gasteiger partial charge in [-0.25, -0.2) is 4.68 Å². The molecule has 5 heteroatoms. The fraction of sp³-hybridized carbons (Fsp3) is 0.500. The second-order valence-electron chi connectivity index (χ2n) is 2.69. The van der Waals surface area contributed by atoms with E-state index >= 15 is 0 Å². The lowest BCUT2D eigenvalue weighted by molar-refractivity contribution is 0.613. The lowest BCUT2D eigenvalue weighted by atomic mass is 10.3. The van der Waals surface area contributed by atoms with Crippen LogP contribution < -0.4 is 11.1 Å². The van der Waals surface area contributed by atoms with Crippen LogP contribution in [0.2, 0.25) is 0 Å². The van der Waals surface area contributed by atoms with E-state index in [1.165, 1.54) is 0 Å². The maximum absolute atomic E-state index is 8.79. The first-order valence-electron chi connectivity index (χ1n) is 4.18. The van der Waals surface area contributed by atoms with Gasteiger partial charge in [-0.3, -0.25) is 0 Å². The summed E-state index contributed by atoms with van der Waals surface area (Å²) in [4.78, 5) is 0. The fourth-order valence-electron chi connectivity index (χ4n) is 1.14. The average Bonchev–Trinajstić information content (AvgIpc) is 2.44. The predicted molar refractivity (Wildman–Crippen MR) is 51.2 cm³/mol. The van der Waals surface area contributed by atoms with E-state index in [2.05, 4.69) is 10.4 Å². The molecule has 0 aliphatic rings. The Balaban J connectivity index is 3.12. The summed E-state index contributed by atoms with van der Waals surface area (Å²) in [6, 6.07) is 2.02. The van der Waals surface area contributed by atoms with E-state index in [0.29, 0.717) is 17.2 Å². The summed E-state index contributed by atoms with van der Waals surface area (Å²) in [7, 11) is 1.72. The van der Waals surface area contributed by atoms with Crippen LogP contribution in [0.3, 0.4) is 0 Å². The molecule has 13 heavy (non-hydrogen) atoms. The highest BCUT2D eigenvalue weighted by Crippen LogP contribution is 2.19. The van der Waals surface area contributed by atoms with Crippen LogP contribution >= 0.6 is 0 Å². The summed E-state index contributed by atoms with van der Waals surface area (Å²) in [5.41, 5.74) is 6.14. The molecular formula is C8H13N5. The zero-order valence-corrected chi connectivity index (χ0v) is 7.83. The van der Waals surface area contributed by atoms with Crippen molar-refractivity contribution in [3.8, 4) is 6.07 Å². The summed E-state index contributed by atoms with van der Waals surface area (Å²) in [6.07, 6.45) is 0.944. The Kier molecular flexibility index (Phi) is 2.75. The van der Waals surface area contributed by atoms with Crippen molar-refractivity contribution in [1.29, 1.82) is 5.26 Å². The zero-order valence-electron chi connectivity index (χ0n) is 7.83. The number of rotatable bonds is 3. The molecule has 0 aliphatic carbocycles. The third-order valence-electron chi connectivity index (χ3n) is 1.78. The maximum Gasteiger partial charge on any atom is 0.168 e. The van der Waals surface area contributed by atoms with Crippen LogP contribution in [0.5, 0.6) is 0 Å². The molecule has 3 N–H and O–H groups in total. The molecule has 0 saturated heterocycles. The first-order valence-corrected chi connectivity index (χ1v) is 4.18. The van der Waals surface area contributed by atoms with E-state index in [4.69, 9.17) is 11.0 Å². The highest BCUT2D eigenvalue weighted by Gasteiger charge is 2.12. The molecule has 5 nitrogen and oxygen atoms in total. The van der Waals surface area contributed by atoms with E-state index in [1.807, 2.05) is 13.0 Å². The van der Waals surface area contributed by atoms with Gasteiger partial charge in [0.2, 0.25) is 0 Å². The van der Waals surface area contributed by atoms with Crippen molar-refractivity contribution in [2.75, 3.05) is 18.1 Å². The standard InChI is InChI=1S/C8H13N5/c1-3-4-13-7(10)6(5-9)8(11-2)12-13/h3-4,10H2,1-2H3,(H,11,12). The highest BCUT2D eigenvalue weighted by atomic mass is 15.3. The van der Waals surface area contributed by atoms with E-state index in [9.17, 15) is 0 Å². The molecule has 70 valence electrons. The lowest BCUT2D eigenvalue weighted by Gasteiger charge is -1.98. The third kappa shape index (κ3) is 1.56. The Morgan fingerprint density at radius 1 is 1.69 bits per heavy atom. The molecule has 0 amide bonds. The van der Waals surface area contributed by atoms with Crippen molar-refractivity contribution in [3.05, 3.63) is 5.56 Å². The van der Waals surface area contributed by atoms with Crippen molar-refractivity contribution in [3.63, 3.8) is 0 Å². The molecule has 0 radical (unpaired) electrons. The number of nitrogens with two attached hydrogens (primary N) is 1. The molecule has 0 spiro atoms. The Labute approximate surface area is 77.1 Å². The van der Waals surface area contributed by atoms with Crippen molar-refractivity contribution in [2.24, 2.45) is 0 Å². The van der Waals surface area contributed by atoms with Gasteiger partial charge in [-0.05, 0) is 6.42 Å². The van der Waals surface area contributed by atoms with Gasteiger partial charge >= 0.3 is 0 Å². The largest absolute Gasteiger partial charge is 0.383 e. The topological polar surface area (TPSA) is 79.7 Å². The molecule has 1 aromatic rings. The number of nitriles is 1. The lowest BCUT2D eigenvalue weighted by Crippen LogP contribution is -2.04. The van der Waals surface area contributed by atoms with Crippen molar-refractivity contribution in [2.45, 2.75) is 19.9 Å². The van der Waals surface area contributed by atoms with E-state index in [1.54, 1.807) is 11.7 Å². The first kappa shape index (κ1) is 9.39. The van der Waals surface area contributed by atoms with Crippen LogP contribution in [-0.4, -0.2) is 16.8 Å². The third-order valence-corrected chi connectivity index (χ3v) is 1.78. The minimum Gasteiger partial charge on any atom is -0.383 e. The van der Waals surface area contributed by atoms with Crippen LogP contribution in [0.4, 0.5) is 11.6 Å². The number of hydrogen-bond donors (Lipinski definition) is 2. The number of nitrogens with zero attached hydrogens (tertiary/aromatic N) is 3. The SMILES string of the molecule is CCCn1nc(NC)c(C#N)c1N. The summed E-state index contributed by atoms with van der Waals surface area (Å²) < 4.78 is 1.64. The summed E-state index contributed by atoms with van der Waals surface area (Å²) in [5, 5.41) is 15.8. The number of anilines is 2. The minimum absolute atomic E-state index is 0.427. The van der Waals surface area contributed by atoms with E-state index < -0.39 is 0 Å². The molecule has 0 atom stereocenters. The normalized spacial score (nSPS) is 9.62. The Hall–Kier alpha value is -1.70. The van der Waals surface area contributed by atoms with Crippen LogP contribution in [0.25, 0.3) is 0 Å². The molecule has 0 fully saturated rings. The number of nitrogens with one attached hydrogen (secondary N) is 1. The molecular weight excluding hydrogens is 166 g/mol. The monoisotopic (exact) mass is 179 g/mol. The van der Waals surface area contributed by atoms with Gasteiger partial charge in [-0.15, -0.1) is 0 Å². The van der Waals surface area contributed by atoms with Gasteiger partial charge < -0.3 is 11.1 Å². The molecule has 0 unspecified atom stereocenters. The Bertz CT molecular complexity index is 333. The summed E-state index contributed by atoms with van der Waals surface area (Å²) >= 11 is 0. The van der Waals surface area contributed by atoms with Gasteiger partial charge in [0.15, 0.2) is 5.82 Å². The number of aryl methyl sites for hydroxylation is 1.